The molecule has 4 N–H and O–H groups in total. The van der Waals surface area contributed by atoms with Gasteiger partial charge >= 0.3 is 6.03 Å². The Labute approximate surface area is 175 Å². The van der Waals surface area contributed by atoms with Crippen LogP contribution >= 0.6 is 0 Å². The number of anilines is 2. The minimum atomic E-state index is -0.267. The summed E-state index contributed by atoms with van der Waals surface area (Å²) in [5.41, 5.74) is 7.24. The number of nitrogens with zero attached hydrogens (tertiary/aromatic N) is 6. The molecule has 3 heterocycles. The van der Waals surface area contributed by atoms with Crippen molar-refractivity contribution in [3.05, 3.63) is 48.7 Å². The van der Waals surface area contributed by atoms with Crippen LogP contribution in [0.25, 0.3) is 0 Å². The highest BCUT2D eigenvalue weighted by Crippen LogP contribution is 2.19. The minimum absolute atomic E-state index is 0.267. The zero-order valence-corrected chi connectivity index (χ0v) is 17.0. The average Bonchev–Trinajstić information content (AvgIpc) is 2.75. The molecule has 0 aromatic carbocycles. The van der Waals surface area contributed by atoms with Gasteiger partial charge in [0.2, 0.25) is 0 Å². The van der Waals surface area contributed by atoms with Crippen LogP contribution in [-0.4, -0.2) is 64.8 Å². The number of amides is 2. The van der Waals surface area contributed by atoms with Crippen molar-refractivity contribution in [3.63, 3.8) is 0 Å². The fraction of sp³-hybridized carbons (Fsp3) is 0.350. The van der Waals surface area contributed by atoms with Gasteiger partial charge in [-0.3, -0.25) is 10.2 Å². The van der Waals surface area contributed by atoms with Crippen LogP contribution < -0.4 is 21.3 Å². The number of aromatic nitrogens is 3. The Morgan fingerprint density at radius 3 is 2.77 bits per heavy atom. The first kappa shape index (κ1) is 21.2. The summed E-state index contributed by atoms with van der Waals surface area (Å²) in [4.78, 5) is 33.3. The number of aliphatic imine (C=N–C) groups is 1. The maximum Gasteiger partial charge on any atom is 0.320 e. The van der Waals surface area contributed by atoms with Crippen molar-refractivity contribution < 1.29 is 4.79 Å². The molecular formula is C20H27N9O. The molecule has 0 spiro atoms. The van der Waals surface area contributed by atoms with Gasteiger partial charge in [0.25, 0.3) is 0 Å². The number of rotatable bonds is 7. The first-order valence-electron chi connectivity index (χ1n) is 9.88. The van der Waals surface area contributed by atoms with Crippen molar-refractivity contribution in [2.24, 2.45) is 10.7 Å². The molecule has 0 radical (unpaired) electrons. The summed E-state index contributed by atoms with van der Waals surface area (Å²) in [5, 5.41) is 5.40. The second-order valence-corrected chi connectivity index (χ2v) is 6.68. The van der Waals surface area contributed by atoms with Crippen molar-refractivity contribution in [2.45, 2.75) is 13.5 Å². The van der Waals surface area contributed by atoms with E-state index in [0.717, 1.165) is 37.6 Å². The Morgan fingerprint density at radius 2 is 2.07 bits per heavy atom. The number of allylic oxidation sites excluding steroid dienone is 1. The van der Waals surface area contributed by atoms with Gasteiger partial charge in [0, 0.05) is 51.5 Å². The van der Waals surface area contributed by atoms with E-state index in [4.69, 9.17) is 5.73 Å². The molecule has 158 valence electrons. The van der Waals surface area contributed by atoms with Crippen LogP contribution in [0.4, 0.5) is 22.1 Å². The fourth-order valence-corrected chi connectivity index (χ4v) is 3.08. The fourth-order valence-electron chi connectivity index (χ4n) is 3.08. The van der Waals surface area contributed by atoms with E-state index in [1.54, 1.807) is 12.3 Å². The topological polar surface area (TPSA) is 125 Å². The van der Waals surface area contributed by atoms with Gasteiger partial charge in [-0.2, -0.15) is 0 Å². The number of nitrogens with one attached hydrogen (secondary N) is 2. The average molecular weight is 409 g/mol. The van der Waals surface area contributed by atoms with Crippen LogP contribution in [0.5, 0.6) is 0 Å². The van der Waals surface area contributed by atoms with Crippen LogP contribution in [0.1, 0.15) is 12.6 Å². The van der Waals surface area contributed by atoms with Crippen molar-refractivity contribution in [2.75, 3.05) is 42.9 Å². The van der Waals surface area contributed by atoms with E-state index >= 15 is 0 Å². The SMILES string of the molecule is CCNC(=O)Nc1cc(CN2CCN(c3ccc(N=CC=CN)nc3)CC2)ncn1. The van der Waals surface area contributed by atoms with Crippen molar-refractivity contribution in [1.29, 1.82) is 0 Å². The molecule has 0 bridgehead atoms. The number of pyridine rings is 1. The standard InChI is InChI=1S/C20H27N9O/c1-2-22-20(30)27-19-12-16(25-15-26-19)14-28-8-10-29(11-9-28)17-4-5-18(24-13-17)23-7-3-6-21/h3-7,12-13,15H,2,8-11,14,21H2,1H3,(H2,22,25,26,27,30). The van der Waals surface area contributed by atoms with E-state index in [1.165, 1.54) is 12.5 Å². The van der Waals surface area contributed by atoms with Gasteiger partial charge in [-0.15, -0.1) is 0 Å². The van der Waals surface area contributed by atoms with E-state index in [1.807, 2.05) is 31.3 Å². The second-order valence-electron chi connectivity index (χ2n) is 6.68. The highest BCUT2D eigenvalue weighted by Gasteiger charge is 2.18. The molecular weight excluding hydrogens is 382 g/mol. The van der Waals surface area contributed by atoms with Gasteiger partial charge in [-0.05, 0) is 31.3 Å². The predicted molar refractivity (Wildman–Crippen MR) is 118 cm³/mol. The van der Waals surface area contributed by atoms with Crippen LogP contribution in [0.15, 0.2) is 48.0 Å². The van der Waals surface area contributed by atoms with Crippen molar-refractivity contribution >= 4 is 29.6 Å². The molecule has 0 unspecified atom stereocenters. The van der Waals surface area contributed by atoms with E-state index in [2.05, 4.69) is 40.4 Å². The first-order valence-corrected chi connectivity index (χ1v) is 9.88. The summed E-state index contributed by atoms with van der Waals surface area (Å²) in [6, 6.07) is 5.47. The van der Waals surface area contributed by atoms with E-state index < -0.39 is 0 Å². The Bertz CT molecular complexity index is 874. The monoisotopic (exact) mass is 409 g/mol. The third-order valence-electron chi connectivity index (χ3n) is 4.56. The lowest BCUT2D eigenvalue weighted by Crippen LogP contribution is -2.46. The molecule has 3 rings (SSSR count). The number of hydrogen-bond donors (Lipinski definition) is 3. The predicted octanol–water partition coefficient (Wildman–Crippen LogP) is 1.51. The Kier molecular flexibility index (Phi) is 7.67. The van der Waals surface area contributed by atoms with Gasteiger partial charge in [0.1, 0.15) is 12.1 Å². The zero-order valence-electron chi connectivity index (χ0n) is 17.0. The Balaban J connectivity index is 1.50. The number of urea groups is 1. The Hall–Kier alpha value is -3.53. The van der Waals surface area contributed by atoms with E-state index in [0.29, 0.717) is 24.7 Å². The highest BCUT2D eigenvalue weighted by molar-refractivity contribution is 5.88. The molecule has 10 heteroatoms. The van der Waals surface area contributed by atoms with Crippen LogP contribution in [0, 0.1) is 0 Å². The molecule has 1 aliphatic heterocycles. The molecule has 0 atom stereocenters. The Morgan fingerprint density at radius 1 is 1.23 bits per heavy atom. The first-order chi connectivity index (χ1) is 14.7. The minimum Gasteiger partial charge on any atom is -0.405 e. The maximum absolute atomic E-state index is 11.7. The molecule has 2 aromatic heterocycles. The van der Waals surface area contributed by atoms with Crippen molar-refractivity contribution in [3.8, 4) is 0 Å². The summed E-state index contributed by atoms with van der Waals surface area (Å²) in [5.74, 6) is 1.15. The quantitative estimate of drug-likeness (QED) is 0.592. The number of nitrogens with two attached hydrogens (primary N) is 1. The maximum atomic E-state index is 11.7. The molecule has 1 saturated heterocycles. The molecule has 30 heavy (non-hydrogen) atoms. The van der Waals surface area contributed by atoms with Gasteiger partial charge in [0.15, 0.2) is 5.82 Å². The molecule has 2 amide bonds. The molecule has 10 nitrogen and oxygen atoms in total. The van der Waals surface area contributed by atoms with Gasteiger partial charge in [-0.1, -0.05) is 0 Å². The molecule has 0 saturated carbocycles. The third-order valence-corrected chi connectivity index (χ3v) is 4.56. The summed E-state index contributed by atoms with van der Waals surface area (Å²) in [6.07, 6.45) is 8.03. The second kappa shape index (κ2) is 10.9. The van der Waals surface area contributed by atoms with E-state index in [-0.39, 0.29) is 6.03 Å². The molecule has 1 aliphatic rings. The summed E-state index contributed by atoms with van der Waals surface area (Å²) in [6.45, 7) is 6.75. The number of carbonyl (C=O) groups is 1. The summed E-state index contributed by atoms with van der Waals surface area (Å²) >= 11 is 0. The lowest BCUT2D eigenvalue weighted by Gasteiger charge is -2.35. The van der Waals surface area contributed by atoms with E-state index in [9.17, 15) is 4.79 Å². The lowest BCUT2D eigenvalue weighted by molar-refractivity contribution is 0.247. The van der Waals surface area contributed by atoms with Crippen LogP contribution in [0.3, 0.4) is 0 Å². The zero-order chi connectivity index (χ0) is 21.2. The number of hydrogen-bond acceptors (Lipinski definition) is 8. The van der Waals surface area contributed by atoms with Gasteiger partial charge in [-0.25, -0.2) is 24.7 Å². The summed E-state index contributed by atoms with van der Waals surface area (Å²) in [7, 11) is 0. The highest BCUT2D eigenvalue weighted by atomic mass is 16.2. The number of carbonyl (C=O) groups excluding carboxylic acids is 1. The molecule has 1 fully saturated rings. The summed E-state index contributed by atoms with van der Waals surface area (Å²) < 4.78 is 0. The largest absolute Gasteiger partial charge is 0.405 e. The molecule has 0 aliphatic carbocycles. The normalized spacial score (nSPS) is 15.0. The van der Waals surface area contributed by atoms with Gasteiger partial charge in [0.05, 0.1) is 17.6 Å². The van der Waals surface area contributed by atoms with Crippen LogP contribution in [0.2, 0.25) is 0 Å². The molecule has 2 aromatic rings. The third kappa shape index (κ3) is 6.24. The van der Waals surface area contributed by atoms with Crippen LogP contribution in [-0.2, 0) is 6.54 Å². The van der Waals surface area contributed by atoms with Gasteiger partial charge < -0.3 is 16.0 Å². The van der Waals surface area contributed by atoms with Crippen molar-refractivity contribution in [1.82, 2.24) is 25.2 Å². The number of piperazine rings is 1. The smallest absolute Gasteiger partial charge is 0.320 e. The lowest BCUT2D eigenvalue weighted by atomic mass is 10.2.